The van der Waals surface area contributed by atoms with Gasteiger partial charge in [-0.05, 0) is 75.4 Å². The van der Waals surface area contributed by atoms with Crippen molar-refractivity contribution in [1.29, 1.82) is 0 Å². The van der Waals surface area contributed by atoms with Gasteiger partial charge in [-0.1, -0.05) is 30.9 Å². The summed E-state index contributed by atoms with van der Waals surface area (Å²) in [5, 5.41) is 16.9. The van der Waals surface area contributed by atoms with Crippen LogP contribution < -0.4 is 10.6 Å². The summed E-state index contributed by atoms with van der Waals surface area (Å²) in [4.78, 5) is 17.8. The van der Waals surface area contributed by atoms with Crippen LogP contribution in [0.1, 0.15) is 61.0 Å². The van der Waals surface area contributed by atoms with Crippen molar-refractivity contribution < 1.29 is 9.90 Å². The summed E-state index contributed by atoms with van der Waals surface area (Å²) in [6.07, 6.45) is 8.64. The third kappa shape index (κ3) is 6.66. The minimum Gasteiger partial charge on any atom is -0.396 e. The van der Waals surface area contributed by atoms with Crippen LogP contribution in [-0.2, 0) is 6.42 Å². The SMILES string of the molecule is O=C(NCC1CCCCC1)c1cc2cc(Cl)ccc2nc1CCCNCCCO. The molecule has 0 radical (unpaired) electrons. The normalized spacial score (nSPS) is 15.0. The Labute approximate surface area is 178 Å². The molecule has 2 aromatic rings. The standard InChI is InChI=1S/C23H32ClN3O2/c24-19-9-10-21-18(14-19)15-20(22(27-21)8-4-11-25-12-5-13-28)23(29)26-16-17-6-2-1-3-7-17/h9-10,14-15,17,25,28H,1-8,11-13,16H2,(H,26,29). The highest BCUT2D eigenvalue weighted by Crippen LogP contribution is 2.24. The lowest BCUT2D eigenvalue weighted by molar-refractivity contribution is 0.0942. The van der Waals surface area contributed by atoms with Gasteiger partial charge in [0.25, 0.3) is 5.91 Å². The molecule has 0 aliphatic heterocycles. The average Bonchev–Trinajstić information content (AvgIpc) is 2.74. The molecule has 1 saturated carbocycles. The number of benzene rings is 1. The Balaban J connectivity index is 1.70. The van der Waals surface area contributed by atoms with Gasteiger partial charge in [0.05, 0.1) is 16.8 Å². The van der Waals surface area contributed by atoms with Crippen LogP contribution in [0.15, 0.2) is 24.3 Å². The molecule has 0 saturated heterocycles. The largest absolute Gasteiger partial charge is 0.396 e. The number of halogens is 1. The number of aryl methyl sites for hydroxylation is 1. The first-order valence-corrected chi connectivity index (χ1v) is 11.2. The fourth-order valence-corrected chi connectivity index (χ4v) is 4.19. The predicted octanol–water partition coefficient (Wildman–Crippen LogP) is 4.10. The number of aliphatic hydroxyl groups is 1. The van der Waals surface area contributed by atoms with E-state index in [1.807, 2.05) is 24.3 Å². The number of aliphatic hydroxyl groups excluding tert-OH is 1. The lowest BCUT2D eigenvalue weighted by atomic mass is 9.89. The molecule has 1 aliphatic rings. The average molecular weight is 418 g/mol. The number of nitrogens with zero attached hydrogens (tertiary/aromatic N) is 1. The lowest BCUT2D eigenvalue weighted by Gasteiger charge is -2.22. The molecule has 1 heterocycles. The molecule has 0 spiro atoms. The highest BCUT2D eigenvalue weighted by molar-refractivity contribution is 6.31. The van der Waals surface area contributed by atoms with Crippen molar-refractivity contribution >= 4 is 28.4 Å². The minimum absolute atomic E-state index is 0.0341. The maximum Gasteiger partial charge on any atom is 0.253 e. The second-order valence-electron chi connectivity index (χ2n) is 7.96. The summed E-state index contributed by atoms with van der Waals surface area (Å²) < 4.78 is 0. The Morgan fingerprint density at radius 2 is 1.93 bits per heavy atom. The number of nitrogens with one attached hydrogen (secondary N) is 2. The molecule has 5 nitrogen and oxygen atoms in total. The third-order valence-corrected chi connectivity index (χ3v) is 5.89. The Morgan fingerprint density at radius 1 is 1.14 bits per heavy atom. The molecule has 1 aliphatic carbocycles. The van der Waals surface area contributed by atoms with Gasteiger partial charge in [0.15, 0.2) is 0 Å². The second kappa shape index (κ2) is 11.5. The van der Waals surface area contributed by atoms with E-state index in [-0.39, 0.29) is 12.5 Å². The van der Waals surface area contributed by atoms with E-state index in [1.54, 1.807) is 0 Å². The van der Waals surface area contributed by atoms with E-state index in [2.05, 4.69) is 10.6 Å². The first-order chi connectivity index (χ1) is 14.2. The van der Waals surface area contributed by atoms with Gasteiger partial charge in [0.1, 0.15) is 0 Å². The molecule has 3 rings (SSSR count). The summed E-state index contributed by atoms with van der Waals surface area (Å²) in [5.74, 6) is 0.558. The van der Waals surface area contributed by atoms with Crippen molar-refractivity contribution in [2.24, 2.45) is 5.92 Å². The molecule has 1 amide bonds. The second-order valence-corrected chi connectivity index (χ2v) is 8.40. The van der Waals surface area contributed by atoms with Crippen molar-refractivity contribution in [3.63, 3.8) is 0 Å². The first kappa shape index (κ1) is 22.0. The van der Waals surface area contributed by atoms with Crippen LogP contribution >= 0.6 is 11.6 Å². The molecule has 1 aromatic heterocycles. The number of pyridine rings is 1. The Kier molecular flexibility index (Phi) is 8.71. The van der Waals surface area contributed by atoms with Crippen molar-refractivity contribution in [2.45, 2.75) is 51.4 Å². The zero-order valence-electron chi connectivity index (χ0n) is 17.1. The maximum absolute atomic E-state index is 13.0. The smallest absolute Gasteiger partial charge is 0.253 e. The van der Waals surface area contributed by atoms with Gasteiger partial charge >= 0.3 is 0 Å². The number of carbonyl (C=O) groups is 1. The molecule has 0 unspecified atom stereocenters. The van der Waals surface area contributed by atoms with Crippen molar-refractivity contribution in [3.8, 4) is 0 Å². The van der Waals surface area contributed by atoms with Gasteiger partial charge in [-0.15, -0.1) is 0 Å². The van der Waals surface area contributed by atoms with Crippen LogP contribution in [0.3, 0.4) is 0 Å². The first-order valence-electron chi connectivity index (χ1n) is 10.9. The fourth-order valence-electron chi connectivity index (χ4n) is 4.01. The lowest BCUT2D eigenvalue weighted by Crippen LogP contribution is -2.31. The highest BCUT2D eigenvalue weighted by atomic mass is 35.5. The van der Waals surface area contributed by atoms with E-state index < -0.39 is 0 Å². The van der Waals surface area contributed by atoms with Crippen LogP contribution in [0.4, 0.5) is 0 Å². The molecule has 29 heavy (non-hydrogen) atoms. The molecule has 6 heteroatoms. The van der Waals surface area contributed by atoms with Crippen molar-refractivity contribution in [3.05, 3.63) is 40.5 Å². The number of hydrogen-bond donors (Lipinski definition) is 3. The van der Waals surface area contributed by atoms with E-state index in [1.165, 1.54) is 32.1 Å². The summed E-state index contributed by atoms with van der Waals surface area (Å²) in [6.45, 7) is 2.58. The zero-order chi connectivity index (χ0) is 20.5. The number of rotatable bonds is 10. The van der Waals surface area contributed by atoms with Crippen molar-refractivity contribution in [2.75, 3.05) is 26.2 Å². The van der Waals surface area contributed by atoms with Crippen LogP contribution in [0.2, 0.25) is 5.02 Å². The summed E-state index contributed by atoms with van der Waals surface area (Å²) in [7, 11) is 0. The Bertz CT molecular complexity index is 806. The molecule has 0 atom stereocenters. The van der Waals surface area contributed by atoms with Gasteiger partial charge in [-0.3, -0.25) is 9.78 Å². The van der Waals surface area contributed by atoms with Gasteiger partial charge in [0.2, 0.25) is 0 Å². The predicted molar refractivity (Wildman–Crippen MR) is 119 cm³/mol. The third-order valence-electron chi connectivity index (χ3n) is 5.66. The number of aromatic nitrogens is 1. The molecule has 1 aromatic carbocycles. The number of hydrogen-bond acceptors (Lipinski definition) is 4. The van der Waals surface area contributed by atoms with Crippen LogP contribution in [-0.4, -0.2) is 42.2 Å². The van der Waals surface area contributed by atoms with Crippen LogP contribution in [0.5, 0.6) is 0 Å². The molecular weight excluding hydrogens is 386 g/mol. The topological polar surface area (TPSA) is 74.2 Å². The van der Waals surface area contributed by atoms with Gasteiger partial charge in [-0.25, -0.2) is 0 Å². The molecule has 0 bridgehead atoms. The van der Waals surface area contributed by atoms with E-state index in [9.17, 15) is 4.79 Å². The number of amides is 1. The molecular formula is C23H32ClN3O2. The molecule has 1 fully saturated rings. The maximum atomic E-state index is 13.0. The van der Waals surface area contributed by atoms with E-state index >= 15 is 0 Å². The zero-order valence-corrected chi connectivity index (χ0v) is 17.8. The number of carbonyl (C=O) groups excluding carboxylic acids is 1. The van der Waals surface area contributed by atoms with Crippen LogP contribution in [0, 0.1) is 5.92 Å². The number of fused-ring (bicyclic) bond motifs is 1. The van der Waals surface area contributed by atoms with Crippen molar-refractivity contribution in [1.82, 2.24) is 15.6 Å². The molecule has 3 N–H and O–H groups in total. The van der Waals surface area contributed by atoms with Crippen LogP contribution in [0.25, 0.3) is 10.9 Å². The minimum atomic E-state index is -0.0341. The fraction of sp³-hybridized carbons (Fsp3) is 0.565. The highest BCUT2D eigenvalue weighted by Gasteiger charge is 2.18. The van der Waals surface area contributed by atoms with Gasteiger partial charge < -0.3 is 15.7 Å². The Hall–Kier alpha value is -1.69. The van der Waals surface area contributed by atoms with E-state index in [0.717, 1.165) is 55.5 Å². The summed E-state index contributed by atoms with van der Waals surface area (Å²) in [6, 6.07) is 7.53. The van der Waals surface area contributed by atoms with Gasteiger partial charge in [-0.2, -0.15) is 0 Å². The Morgan fingerprint density at radius 3 is 2.72 bits per heavy atom. The quantitative estimate of drug-likeness (QED) is 0.509. The van der Waals surface area contributed by atoms with E-state index in [0.29, 0.717) is 16.5 Å². The van der Waals surface area contributed by atoms with E-state index in [4.69, 9.17) is 21.7 Å². The summed E-state index contributed by atoms with van der Waals surface area (Å²) in [5.41, 5.74) is 2.36. The van der Waals surface area contributed by atoms with Gasteiger partial charge in [0, 0.05) is 23.6 Å². The molecule has 158 valence electrons. The monoisotopic (exact) mass is 417 g/mol. The summed E-state index contributed by atoms with van der Waals surface area (Å²) >= 11 is 6.14.